The van der Waals surface area contributed by atoms with Gasteiger partial charge in [-0.05, 0) is 57.0 Å². The number of nitro groups is 1. The Balaban J connectivity index is 1.35. The van der Waals surface area contributed by atoms with Gasteiger partial charge in [-0.25, -0.2) is 0 Å². The van der Waals surface area contributed by atoms with E-state index in [1.54, 1.807) is 18.2 Å². The lowest BCUT2D eigenvalue weighted by atomic mass is 10.0. The lowest BCUT2D eigenvalue weighted by Gasteiger charge is -2.32. The second-order valence-corrected chi connectivity index (χ2v) is 6.96. The second-order valence-electron chi connectivity index (χ2n) is 6.96. The summed E-state index contributed by atoms with van der Waals surface area (Å²) in [7, 11) is 0. The summed E-state index contributed by atoms with van der Waals surface area (Å²) in [6, 6.07) is 11.8. The number of piperidine rings is 1. The van der Waals surface area contributed by atoms with Gasteiger partial charge in [0.25, 0.3) is 5.69 Å². The number of para-hydroxylation sites is 1. The van der Waals surface area contributed by atoms with Gasteiger partial charge in [-0.3, -0.25) is 10.1 Å². The smallest absolute Gasteiger partial charge is 0.280 e. The van der Waals surface area contributed by atoms with Crippen molar-refractivity contribution in [1.29, 1.82) is 0 Å². The van der Waals surface area contributed by atoms with Crippen LogP contribution in [0.15, 0.2) is 40.8 Å². The number of benzene rings is 1. The fraction of sp³-hybridized carbons (Fsp3) is 0.474. The van der Waals surface area contributed by atoms with Crippen LogP contribution in [-0.2, 0) is 6.54 Å². The molecule has 1 N–H and O–H groups in total. The Morgan fingerprint density at radius 2 is 1.88 bits per heavy atom. The van der Waals surface area contributed by atoms with Crippen LogP contribution in [0.25, 0.3) is 11.3 Å². The van der Waals surface area contributed by atoms with E-state index in [9.17, 15) is 10.1 Å². The van der Waals surface area contributed by atoms with E-state index in [0.717, 1.165) is 11.8 Å². The first-order valence-corrected chi connectivity index (χ1v) is 9.00. The van der Waals surface area contributed by atoms with Crippen molar-refractivity contribution in [3.63, 3.8) is 0 Å². The SMILES string of the molecule is O=[N+]([O-])c1ccccc1-c1ccc(CNC2CCN(C3CC3)CC2)o1. The molecule has 0 bridgehead atoms. The van der Waals surface area contributed by atoms with Gasteiger partial charge in [0.1, 0.15) is 11.5 Å². The minimum atomic E-state index is -0.372. The van der Waals surface area contributed by atoms with Crippen molar-refractivity contribution >= 4 is 5.69 Å². The molecule has 2 aromatic rings. The first-order chi connectivity index (χ1) is 12.2. The molecule has 2 heterocycles. The topological polar surface area (TPSA) is 71.6 Å². The summed E-state index contributed by atoms with van der Waals surface area (Å²) in [6.45, 7) is 3.03. The van der Waals surface area contributed by atoms with E-state index in [0.29, 0.717) is 23.9 Å². The van der Waals surface area contributed by atoms with Gasteiger partial charge in [-0.2, -0.15) is 0 Å². The Bertz CT molecular complexity index is 746. The molecular weight excluding hydrogens is 318 g/mol. The molecule has 4 rings (SSSR count). The van der Waals surface area contributed by atoms with Crippen LogP contribution in [0.4, 0.5) is 5.69 Å². The normalized spacial score (nSPS) is 19.2. The van der Waals surface area contributed by atoms with Gasteiger partial charge in [0.05, 0.1) is 17.0 Å². The fourth-order valence-electron chi connectivity index (χ4n) is 3.61. The summed E-state index contributed by atoms with van der Waals surface area (Å²) < 4.78 is 5.84. The van der Waals surface area contributed by atoms with Gasteiger partial charge in [0, 0.05) is 18.2 Å². The monoisotopic (exact) mass is 341 g/mol. The van der Waals surface area contributed by atoms with E-state index in [4.69, 9.17) is 4.42 Å². The van der Waals surface area contributed by atoms with Crippen LogP contribution in [0, 0.1) is 10.1 Å². The second kappa shape index (κ2) is 6.98. The molecule has 0 atom stereocenters. The highest BCUT2D eigenvalue weighted by Crippen LogP contribution is 2.31. The highest BCUT2D eigenvalue weighted by atomic mass is 16.6. The molecule has 132 valence electrons. The van der Waals surface area contributed by atoms with Crippen molar-refractivity contribution in [2.24, 2.45) is 0 Å². The maximum atomic E-state index is 11.2. The van der Waals surface area contributed by atoms with Gasteiger partial charge >= 0.3 is 0 Å². The van der Waals surface area contributed by atoms with E-state index >= 15 is 0 Å². The Hall–Kier alpha value is -2.18. The van der Waals surface area contributed by atoms with Crippen molar-refractivity contribution in [3.8, 4) is 11.3 Å². The van der Waals surface area contributed by atoms with Crippen LogP contribution >= 0.6 is 0 Å². The van der Waals surface area contributed by atoms with E-state index in [1.165, 1.54) is 44.8 Å². The number of furan rings is 1. The molecule has 6 heteroatoms. The zero-order valence-corrected chi connectivity index (χ0v) is 14.2. The zero-order valence-electron chi connectivity index (χ0n) is 14.2. The predicted molar refractivity (Wildman–Crippen MR) is 95.3 cm³/mol. The minimum Gasteiger partial charge on any atom is -0.459 e. The average molecular weight is 341 g/mol. The zero-order chi connectivity index (χ0) is 17.2. The molecule has 0 amide bonds. The number of rotatable bonds is 6. The summed E-state index contributed by atoms with van der Waals surface area (Å²) in [5, 5.41) is 14.7. The summed E-state index contributed by atoms with van der Waals surface area (Å²) in [6.07, 6.45) is 5.10. The molecule has 1 aliphatic heterocycles. The maximum absolute atomic E-state index is 11.2. The molecular formula is C19H23N3O3. The van der Waals surface area contributed by atoms with Crippen molar-refractivity contribution in [1.82, 2.24) is 10.2 Å². The molecule has 0 radical (unpaired) electrons. The molecule has 0 spiro atoms. The van der Waals surface area contributed by atoms with Crippen molar-refractivity contribution in [2.45, 2.75) is 44.3 Å². The maximum Gasteiger partial charge on any atom is 0.280 e. The Labute approximate surface area is 147 Å². The molecule has 0 unspecified atom stereocenters. The van der Waals surface area contributed by atoms with E-state index in [-0.39, 0.29) is 10.6 Å². The van der Waals surface area contributed by atoms with Crippen LogP contribution < -0.4 is 5.32 Å². The number of likely N-dealkylation sites (tertiary alicyclic amines) is 1. The Morgan fingerprint density at radius 3 is 2.60 bits per heavy atom. The molecule has 2 aliphatic rings. The molecule has 25 heavy (non-hydrogen) atoms. The van der Waals surface area contributed by atoms with Gasteiger partial charge in [0.15, 0.2) is 0 Å². The average Bonchev–Trinajstić information content (AvgIpc) is 3.38. The predicted octanol–water partition coefficient (Wildman–Crippen LogP) is 3.57. The van der Waals surface area contributed by atoms with Crippen molar-refractivity contribution in [2.75, 3.05) is 13.1 Å². The van der Waals surface area contributed by atoms with Crippen molar-refractivity contribution in [3.05, 3.63) is 52.3 Å². The molecule has 1 saturated carbocycles. The molecule has 1 aliphatic carbocycles. The highest BCUT2D eigenvalue weighted by Gasteiger charge is 2.31. The number of nitro benzene ring substituents is 1. The Kier molecular flexibility index (Phi) is 4.55. The fourth-order valence-corrected chi connectivity index (χ4v) is 3.61. The lowest BCUT2D eigenvalue weighted by molar-refractivity contribution is -0.384. The summed E-state index contributed by atoms with van der Waals surface area (Å²) in [4.78, 5) is 13.4. The molecule has 1 aromatic heterocycles. The third kappa shape index (κ3) is 3.75. The van der Waals surface area contributed by atoms with Gasteiger partial charge < -0.3 is 14.6 Å². The van der Waals surface area contributed by atoms with Crippen LogP contribution in [0.5, 0.6) is 0 Å². The quantitative estimate of drug-likeness (QED) is 0.642. The molecule has 1 saturated heterocycles. The first-order valence-electron chi connectivity index (χ1n) is 9.00. The number of hydrogen-bond acceptors (Lipinski definition) is 5. The first kappa shape index (κ1) is 16.3. The van der Waals surface area contributed by atoms with Gasteiger partial charge in [-0.1, -0.05) is 12.1 Å². The Morgan fingerprint density at radius 1 is 1.12 bits per heavy atom. The highest BCUT2D eigenvalue weighted by molar-refractivity contribution is 5.69. The summed E-state index contributed by atoms with van der Waals surface area (Å²) in [5.74, 6) is 1.37. The van der Waals surface area contributed by atoms with Crippen LogP contribution in [0.2, 0.25) is 0 Å². The van der Waals surface area contributed by atoms with E-state index in [2.05, 4.69) is 10.2 Å². The van der Waals surface area contributed by atoms with Crippen LogP contribution in [0.3, 0.4) is 0 Å². The minimum absolute atomic E-state index is 0.0730. The lowest BCUT2D eigenvalue weighted by Crippen LogP contribution is -2.43. The van der Waals surface area contributed by atoms with Crippen LogP contribution in [0.1, 0.15) is 31.4 Å². The van der Waals surface area contributed by atoms with Crippen LogP contribution in [-0.4, -0.2) is 35.0 Å². The third-order valence-electron chi connectivity index (χ3n) is 5.19. The van der Waals surface area contributed by atoms with Gasteiger partial charge in [-0.15, -0.1) is 0 Å². The summed E-state index contributed by atoms with van der Waals surface area (Å²) in [5.41, 5.74) is 0.597. The largest absolute Gasteiger partial charge is 0.459 e. The van der Waals surface area contributed by atoms with Gasteiger partial charge in [0.2, 0.25) is 0 Å². The number of hydrogen-bond donors (Lipinski definition) is 1. The van der Waals surface area contributed by atoms with E-state index in [1.807, 2.05) is 12.1 Å². The van der Waals surface area contributed by atoms with Crippen molar-refractivity contribution < 1.29 is 9.34 Å². The summed E-state index contributed by atoms with van der Waals surface area (Å²) >= 11 is 0. The standard InChI is InChI=1S/C19H23N3O3/c23-22(24)18-4-2-1-3-17(18)19-8-7-16(25-19)13-20-14-9-11-21(12-10-14)15-5-6-15/h1-4,7-8,14-15,20H,5-6,9-13H2. The third-order valence-corrected chi connectivity index (χ3v) is 5.19. The molecule has 2 fully saturated rings. The molecule has 6 nitrogen and oxygen atoms in total. The molecule has 1 aromatic carbocycles. The van der Waals surface area contributed by atoms with E-state index < -0.39 is 0 Å². The number of nitrogens with one attached hydrogen (secondary N) is 1. The number of nitrogens with zero attached hydrogens (tertiary/aromatic N) is 2.